The highest BCUT2D eigenvalue weighted by Gasteiger charge is 2.12. The third-order valence-corrected chi connectivity index (χ3v) is 3.90. The molecule has 1 rings (SSSR count). The Kier molecular flexibility index (Phi) is 4.08. The van der Waals surface area contributed by atoms with Crippen LogP contribution < -0.4 is 11.1 Å². The highest BCUT2D eigenvalue weighted by molar-refractivity contribution is 7.89. The van der Waals surface area contributed by atoms with Gasteiger partial charge in [-0.2, -0.15) is 0 Å². The average Bonchev–Trinajstić information content (AvgIpc) is 2.20. The lowest BCUT2D eigenvalue weighted by molar-refractivity contribution is 0.521. The standard InChI is InChI=1S/C9H16N4O2S/c1-13(2)16(14,15)7-6-11-8-4-3-5-12-9(8)10/h3-5,11H,6-7H2,1-2H3,(H2,10,12). The van der Waals surface area contributed by atoms with E-state index in [4.69, 9.17) is 5.73 Å². The second kappa shape index (κ2) is 5.13. The fourth-order valence-electron chi connectivity index (χ4n) is 1.06. The van der Waals surface area contributed by atoms with Crippen molar-refractivity contribution in [3.05, 3.63) is 18.3 Å². The van der Waals surface area contributed by atoms with Gasteiger partial charge in [-0.05, 0) is 12.1 Å². The summed E-state index contributed by atoms with van der Waals surface area (Å²) < 4.78 is 24.1. The van der Waals surface area contributed by atoms with Crippen LogP contribution in [0, 0.1) is 0 Å². The van der Waals surface area contributed by atoms with Gasteiger partial charge in [0.05, 0.1) is 11.4 Å². The first kappa shape index (κ1) is 12.7. The molecule has 0 aliphatic carbocycles. The summed E-state index contributed by atoms with van der Waals surface area (Å²) >= 11 is 0. The Hall–Kier alpha value is -1.34. The van der Waals surface area contributed by atoms with Crippen molar-refractivity contribution in [3.8, 4) is 0 Å². The molecule has 0 aromatic carbocycles. The molecule has 0 radical (unpaired) electrons. The van der Waals surface area contributed by atoms with E-state index in [9.17, 15) is 8.42 Å². The van der Waals surface area contributed by atoms with Crippen LogP contribution in [0.4, 0.5) is 11.5 Å². The fraction of sp³-hybridized carbons (Fsp3) is 0.444. The molecule has 3 N–H and O–H groups in total. The SMILES string of the molecule is CN(C)S(=O)(=O)CCNc1cccnc1N. The number of anilines is 2. The maximum absolute atomic E-state index is 11.4. The second-order valence-electron chi connectivity index (χ2n) is 3.46. The normalized spacial score (nSPS) is 11.7. The van der Waals surface area contributed by atoms with E-state index in [-0.39, 0.29) is 5.75 Å². The van der Waals surface area contributed by atoms with E-state index < -0.39 is 10.0 Å². The van der Waals surface area contributed by atoms with Gasteiger partial charge in [0.15, 0.2) is 0 Å². The van der Waals surface area contributed by atoms with Crippen LogP contribution in [0.1, 0.15) is 0 Å². The number of nitrogens with zero attached hydrogens (tertiary/aromatic N) is 2. The van der Waals surface area contributed by atoms with Crippen molar-refractivity contribution in [2.45, 2.75) is 0 Å². The largest absolute Gasteiger partial charge is 0.382 e. The zero-order valence-electron chi connectivity index (χ0n) is 9.34. The number of hydrogen-bond donors (Lipinski definition) is 2. The Balaban J connectivity index is 2.52. The van der Waals surface area contributed by atoms with Crippen LogP contribution in [0.5, 0.6) is 0 Å². The molecule has 0 aliphatic rings. The molecule has 0 spiro atoms. The number of nitrogens with two attached hydrogens (primary N) is 1. The van der Waals surface area contributed by atoms with Crippen molar-refractivity contribution < 1.29 is 8.42 Å². The summed E-state index contributed by atoms with van der Waals surface area (Å²) in [5.74, 6) is 0.388. The number of aromatic nitrogens is 1. The molecule has 0 saturated heterocycles. The quantitative estimate of drug-likeness (QED) is 0.759. The first-order valence-electron chi connectivity index (χ1n) is 4.78. The predicted octanol–water partition coefficient (Wildman–Crippen LogP) is -0.0329. The second-order valence-corrected chi connectivity index (χ2v) is 5.76. The van der Waals surface area contributed by atoms with Crippen LogP contribution in [-0.4, -0.2) is 44.1 Å². The van der Waals surface area contributed by atoms with Crippen molar-refractivity contribution in [2.75, 3.05) is 37.4 Å². The van der Waals surface area contributed by atoms with Gasteiger partial charge in [-0.25, -0.2) is 17.7 Å². The van der Waals surface area contributed by atoms with Crippen LogP contribution in [0.25, 0.3) is 0 Å². The molecule has 90 valence electrons. The number of hydrogen-bond acceptors (Lipinski definition) is 5. The highest BCUT2D eigenvalue weighted by atomic mass is 32.2. The summed E-state index contributed by atoms with van der Waals surface area (Å²) in [5.41, 5.74) is 6.25. The van der Waals surface area contributed by atoms with E-state index in [0.717, 1.165) is 0 Å². The number of nitrogens with one attached hydrogen (secondary N) is 1. The molecule has 1 aromatic heterocycles. The van der Waals surface area contributed by atoms with Crippen molar-refractivity contribution in [1.82, 2.24) is 9.29 Å². The van der Waals surface area contributed by atoms with Crippen LogP contribution in [0.2, 0.25) is 0 Å². The molecule has 0 fully saturated rings. The Morgan fingerprint density at radius 1 is 1.50 bits per heavy atom. The number of rotatable bonds is 5. The van der Waals surface area contributed by atoms with Gasteiger partial charge in [0.2, 0.25) is 10.0 Å². The van der Waals surface area contributed by atoms with Gasteiger partial charge in [0.25, 0.3) is 0 Å². The predicted molar refractivity (Wildman–Crippen MR) is 64.6 cm³/mol. The lowest BCUT2D eigenvalue weighted by Crippen LogP contribution is -2.28. The van der Waals surface area contributed by atoms with E-state index >= 15 is 0 Å². The summed E-state index contributed by atoms with van der Waals surface area (Å²) in [5, 5.41) is 2.93. The maximum atomic E-state index is 11.4. The Labute approximate surface area is 95.5 Å². The van der Waals surface area contributed by atoms with E-state index in [2.05, 4.69) is 10.3 Å². The molecular weight excluding hydrogens is 228 g/mol. The molecule has 0 atom stereocenters. The third kappa shape index (κ3) is 3.35. The minimum absolute atomic E-state index is 0.0222. The molecule has 0 saturated carbocycles. The van der Waals surface area contributed by atoms with E-state index in [0.29, 0.717) is 18.1 Å². The Morgan fingerprint density at radius 2 is 2.19 bits per heavy atom. The zero-order valence-corrected chi connectivity index (χ0v) is 10.2. The summed E-state index contributed by atoms with van der Waals surface area (Å²) in [6.45, 7) is 0.302. The van der Waals surface area contributed by atoms with E-state index in [1.165, 1.54) is 18.4 Å². The van der Waals surface area contributed by atoms with Crippen molar-refractivity contribution in [1.29, 1.82) is 0 Å². The summed E-state index contributed by atoms with van der Waals surface area (Å²) in [6, 6.07) is 3.49. The first-order valence-corrected chi connectivity index (χ1v) is 6.39. The minimum Gasteiger partial charge on any atom is -0.382 e. The molecule has 1 heterocycles. The lowest BCUT2D eigenvalue weighted by atomic mass is 10.4. The van der Waals surface area contributed by atoms with Gasteiger partial charge in [-0.15, -0.1) is 0 Å². The lowest BCUT2D eigenvalue weighted by Gasteiger charge is -2.12. The van der Waals surface area contributed by atoms with Gasteiger partial charge >= 0.3 is 0 Å². The molecular formula is C9H16N4O2S. The molecule has 6 nitrogen and oxygen atoms in total. The first-order chi connectivity index (χ1) is 7.43. The molecule has 0 aliphatic heterocycles. The molecule has 7 heteroatoms. The van der Waals surface area contributed by atoms with Gasteiger partial charge in [0.1, 0.15) is 5.82 Å². The molecule has 0 bridgehead atoms. The number of sulfonamides is 1. The summed E-state index contributed by atoms with van der Waals surface area (Å²) in [6.07, 6.45) is 1.58. The summed E-state index contributed by atoms with van der Waals surface area (Å²) in [4.78, 5) is 3.88. The van der Waals surface area contributed by atoms with E-state index in [1.807, 2.05) is 0 Å². The van der Waals surface area contributed by atoms with Crippen molar-refractivity contribution in [2.24, 2.45) is 0 Å². The van der Waals surface area contributed by atoms with Crippen LogP contribution in [0.3, 0.4) is 0 Å². The van der Waals surface area contributed by atoms with Gasteiger partial charge in [-0.1, -0.05) is 0 Å². The number of nitrogen functional groups attached to an aromatic ring is 1. The monoisotopic (exact) mass is 244 g/mol. The number of pyridine rings is 1. The molecule has 1 aromatic rings. The molecule has 0 amide bonds. The zero-order chi connectivity index (χ0) is 12.2. The Bertz CT molecular complexity index is 445. The van der Waals surface area contributed by atoms with Crippen LogP contribution in [0.15, 0.2) is 18.3 Å². The maximum Gasteiger partial charge on any atom is 0.215 e. The van der Waals surface area contributed by atoms with Crippen molar-refractivity contribution in [3.63, 3.8) is 0 Å². The topological polar surface area (TPSA) is 88.3 Å². The minimum atomic E-state index is -3.17. The molecule has 0 unspecified atom stereocenters. The average molecular weight is 244 g/mol. The van der Waals surface area contributed by atoms with Gasteiger partial charge < -0.3 is 11.1 Å². The third-order valence-electron chi connectivity index (χ3n) is 2.07. The van der Waals surface area contributed by atoms with Crippen LogP contribution in [-0.2, 0) is 10.0 Å². The smallest absolute Gasteiger partial charge is 0.215 e. The fourth-order valence-corrected chi connectivity index (χ4v) is 1.79. The van der Waals surface area contributed by atoms with Gasteiger partial charge in [0, 0.05) is 26.8 Å². The highest BCUT2D eigenvalue weighted by Crippen LogP contribution is 2.12. The molecule has 16 heavy (non-hydrogen) atoms. The van der Waals surface area contributed by atoms with Gasteiger partial charge in [-0.3, -0.25) is 0 Å². The van der Waals surface area contributed by atoms with Crippen molar-refractivity contribution >= 4 is 21.5 Å². The van der Waals surface area contributed by atoms with E-state index in [1.54, 1.807) is 18.3 Å². The van der Waals surface area contributed by atoms with Crippen LogP contribution >= 0.6 is 0 Å². The Morgan fingerprint density at radius 3 is 2.75 bits per heavy atom. The summed E-state index contributed by atoms with van der Waals surface area (Å²) in [7, 11) is -0.156.